The zero-order valence-corrected chi connectivity index (χ0v) is 14.8. The maximum absolute atomic E-state index is 13.9. The zero-order chi connectivity index (χ0) is 17.5. The van der Waals surface area contributed by atoms with Gasteiger partial charge >= 0.3 is 0 Å². The minimum atomic E-state index is -0.162. The topological polar surface area (TPSA) is 36.5 Å². The number of hydrogen-bond donors (Lipinski definition) is 2. The zero-order valence-electron chi connectivity index (χ0n) is 14.8. The fourth-order valence-electron chi connectivity index (χ4n) is 4.73. The lowest BCUT2D eigenvalue weighted by Crippen LogP contribution is -2.44. The average molecular weight is 353 g/mol. The third kappa shape index (κ3) is 2.66. The highest BCUT2D eigenvalue weighted by Crippen LogP contribution is 2.47. The Morgan fingerprint density at radius 3 is 3.12 bits per heavy atom. The number of nitrogens with zero attached hydrogens (tertiary/aromatic N) is 1. The smallest absolute Gasteiger partial charge is 0.128 e. The van der Waals surface area contributed by atoms with E-state index in [1.54, 1.807) is 6.07 Å². The van der Waals surface area contributed by atoms with Crippen molar-refractivity contribution in [1.82, 2.24) is 5.32 Å². The third-order valence-electron chi connectivity index (χ3n) is 5.93. The van der Waals surface area contributed by atoms with Crippen LogP contribution in [0.4, 0.5) is 15.8 Å². The summed E-state index contributed by atoms with van der Waals surface area (Å²) in [6.07, 6.45) is 1.18. The molecule has 0 aromatic heterocycles. The van der Waals surface area contributed by atoms with E-state index in [2.05, 4.69) is 27.7 Å². The van der Waals surface area contributed by atoms with Crippen molar-refractivity contribution in [3.8, 4) is 0 Å². The van der Waals surface area contributed by atoms with E-state index in [0.29, 0.717) is 30.7 Å². The van der Waals surface area contributed by atoms with Gasteiger partial charge in [-0.2, -0.15) is 0 Å². The van der Waals surface area contributed by atoms with Crippen LogP contribution in [0, 0.1) is 5.82 Å². The van der Waals surface area contributed by atoms with Crippen LogP contribution in [-0.4, -0.2) is 32.3 Å². The molecule has 1 fully saturated rings. The Balaban J connectivity index is 1.48. The number of hydrogen-bond acceptors (Lipinski definition) is 4. The summed E-state index contributed by atoms with van der Waals surface area (Å²) in [5.74, 6) is 0.371. The van der Waals surface area contributed by atoms with Crippen molar-refractivity contribution in [2.45, 2.75) is 31.5 Å². The monoisotopic (exact) mass is 353 g/mol. The van der Waals surface area contributed by atoms with Gasteiger partial charge in [-0.3, -0.25) is 0 Å². The van der Waals surface area contributed by atoms with Gasteiger partial charge in [0.25, 0.3) is 0 Å². The molecule has 3 heterocycles. The van der Waals surface area contributed by atoms with Crippen LogP contribution in [0.2, 0.25) is 0 Å². The number of rotatable bonds is 3. The molecule has 5 heteroatoms. The fraction of sp³-hybridized carbons (Fsp3) is 0.429. The van der Waals surface area contributed by atoms with Crippen LogP contribution >= 0.6 is 0 Å². The first-order valence-electron chi connectivity index (χ1n) is 9.50. The van der Waals surface area contributed by atoms with Gasteiger partial charge in [0, 0.05) is 54.1 Å². The predicted octanol–water partition coefficient (Wildman–Crippen LogP) is 3.23. The van der Waals surface area contributed by atoms with Gasteiger partial charge in [-0.15, -0.1) is 0 Å². The van der Waals surface area contributed by atoms with Crippen molar-refractivity contribution in [3.63, 3.8) is 0 Å². The molecule has 3 aliphatic heterocycles. The molecule has 3 aliphatic rings. The molecule has 2 aromatic carbocycles. The summed E-state index contributed by atoms with van der Waals surface area (Å²) in [7, 11) is 0. The van der Waals surface area contributed by atoms with Gasteiger partial charge in [0.05, 0.1) is 13.2 Å². The van der Waals surface area contributed by atoms with E-state index in [9.17, 15) is 4.39 Å². The van der Waals surface area contributed by atoms with Gasteiger partial charge in [-0.1, -0.05) is 18.2 Å². The minimum Gasteiger partial charge on any atom is -0.381 e. The molecule has 2 aromatic rings. The highest BCUT2D eigenvalue weighted by molar-refractivity contribution is 5.72. The van der Waals surface area contributed by atoms with Gasteiger partial charge in [0.2, 0.25) is 0 Å². The maximum Gasteiger partial charge on any atom is 0.128 e. The molecule has 136 valence electrons. The number of halogens is 1. The number of fused-ring (bicyclic) bond motifs is 3. The van der Waals surface area contributed by atoms with Gasteiger partial charge in [-0.25, -0.2) is 4.39 Å². The summed E-state index contributed by atoms with van der Waals surface area (Å²) in [6.45, 7) is 5.01. The van der Waals surface area contributed by atoms with Crippen molar-refractivity contribution in [2.75, 3.05) is 36.5 Å². The SMILES string of the molecule is Fc1ccccc1CNc1cc2c3c(c1)C1CNCCC1N3CCOC2. The summed E-state index contributed by atoms with van der Waals surface area (Å²) < 4.78 is 19.8. The number of ether oxygens (including phenoxy) is 1. The standard InChI is InChI=1S/C21H24FN3O/c22-19-4-2-1-3-14(19)11-24-16-9-15-13-26-8-7-25-20-5-6-23-12-18(20)17(10-16)21(15)25/h1-4,9-10,18,20,23-24H,5-8,11-13H2. The Kier molecular flexibility index (Phi) is 4.06. The second-order valence-corrected chi connectivity index (χ2v) is 7.43. The van der Waals surface area contributed by atoms with Crippen LogP contribution in [0.1, 0.15) is 29.0 Å². The van der Waals surface area contributed by atoms with Crippen LogP contribution in [0.3, 0.4) is 0 Å². The molecular weight excluding hydrogens is 329 g/mol. The molecule has 0 amide bonds. The Labute approximate surface area is 153 Å². The highest BCUT2D eigenvalue weighted by atomic mass is 19.1. The molecule has 0 spiro atoms. The molecule has 26 heavy (non-hydrogen) atoms. The summed E-state index contributed by atoms with van der Waals surface area (Å²) in [4.78, 5) is 2.57. The molecule has 2 N–H and O–H groups in total. The molecule has 2 unspecified atom stereocenters. The number of piperidine rings is 1. The van der Waals surface area contributed by atoms with E-state index in [1.807, 2.05) is 12.1 Å². The van der Waals surface area contributed by atoms with Gasteiger partial charge in [0.15, 0.2) is 0 Å². The van der Waals surface area contributed by atoms with Gasteiger partial charge < -0.3 is 20.3 Å². The molecule has 0 aliphatic carbocycles. The van der Waals surface area contributed by atoms with E-state index in [0.717, 1.165) is 31.9 Å². The molecule has 0 saturated carbocycles. The van der Waals surface area contributed by atoms with Crippen LogP contribution in [0.25, 0.3) is 0 Å². The Morgan fingerprint density at radius 2 is 2.19 bits per heavy atom. The fourth-order valence-corrected chi connectivity index (χ4v) is 4.73. The summed E-state index contributed by atoms with van der Waals surface area (Å²) in [6, 6.07) is 12.0. The lowest BCUT2D eigenvalue weighted by atomic mass is 9.89. The molecule has 2 atom stereocenters. The van der Waals surface area contributed by atoms with E-state index >= 15 is 0 Å². The molecular formula is C21H24FN3O. The lowest BCUT2D eigenvalue weighted by molar-refractivity contribution is 0.130. The average Bonchev–Trinajstić information content (AvgIpc) is 2.83. The van der Waals surface area contributed by atoms with Gasteiger partial charge in [0.1, 0.15) is 5.82 Å². The predicted molar refractivity (Wildman–Crippen MR) is 101 cm³/mol. The van der Waals surface area contributed by atoms with Crippen molar-refractivity contribution >= 4 is 11.4 Å². The summed E-state index contributed by atoms with van der Waals surface area (Å²) in [5.41, 5.74) is 5.80. The van der Waals surface area contributed by atoms with Crippen LogP contribution in [-0.2, 0) is 17.9 Å². The number of benzene rings is 2. The van der Waals surface area contributed by atoms with Gasteiger partial charge in [-0.05, 0) is 36.7 Å². The van der Waals surface area contributed by atoms with Crippen molar-refractivity contribution in [2.24, 2.45) is 0 Å². The van der Waals surface area contributed by atoms with Crippen LogP contribution in [0.5, 0.6) is 0 Å². The quantitative estimate of drug-likeness (QED) is 0.888. The Hall–Kier alpha value is -2.11. The first-order chi connectivity index (χ1) is 12.8. The van der Waals surface area contributed by atoms with E-state index in [4.69, 9.17) is 4.74 Å². The maximum atomic E-state index is 13.9. The third-order valence-corrected chi connectivity index (χ3v) is 5.93. The van der Waals surface area contributed by atoms with E-state index in [1.165, 1.54) is 29.3 Å². The lowest BCUT2D eigenvalue weighted by Gasteiger charge is -2.33. The summed E-state index contributed by atoms with van der Waals surface area (Å²) in [5, 5.41) is 6.98. The van der Waals surface area contributed by atoms with E-state index in [-0.39, 0.29) is 5.82 Å². The number of nitrogens with one attached hydrogen (secondary N) is 2. The minimum absolute atomic E-state index is 0.162. The molecule has 0 radical (unpaired) electrons. The molecule has 4 nitrogen and oxygen atoms in total. The van der Waals surface area contributed by atoms with E-state index < -0.39 is 0 Å². The van der Waals surface area contributed by atoms with Crippen molar-refractivity contribution in [3.05, 3.63) is 58.9 Å². The molecule has 1 saturated heterocycles. The Morgan fingerprint density at radius 1 is 1.27 bits per heavy atom. The second kappa shape index (κ2) is 6.56. The van der Waals surface area contributed by atoms with Crippen LogP contribution < -0.4 is 15.5 Å². The normalized spacial score (nSPS) is 24.0. The largest absolute Gasteiger partial charge is 0.381 e. The highest BCUT2D eigenvalue weighted by Gasteiger charge is 2.41. The first kappa shape index (κ1) is 16.1. The van der Waals surface area contributed by atoms with Crippen LogP contribution in [0.15, 0.2) is 36.4 Å². The first-order valence-corrected chi connectivity index (χ1v) is 9.50. The van der Waals surface area contributed by atoms with Crippen molar-refractivity contribution in [1.29, 1.82) is 0 Å². The van der Waals surface area contributed by atoms with Crippen molar-refractivity contribution < 1.29 is 9.13 Å². The summed E-state index contributed by atoms with van der Waals surface area (Å²) >= 11 is 0. The molecule has 0 bridgehead atoms. The second-order valence-electron chi connectivity index (χ2n) is 7.43. The number of anilines is 2. The molecule has 5 rings (SSSR count). The Bertz CT molecular complexity index is 825.